The van der Waals surface area contributed by atoms with E-state index in [-0.39, 0.29) is 12.2 Å². The lowest BCUT2D eigenvalue weighted by atomic mass is 9.53. The molecule has 2 heterocycles. The quantitative estimate of drug-likeness (QED) is 0.245. The highest BCUT2D eigenvalue weighted by molar-refractivity contribution is 6.23. The molecular weight excluding hydrogens is 508 g/mol. The summed E-state index contributed by atoms with van der Waals surface area (Å²) in [6.45, 7) is 11.1. The summed E-state index contributed by atoms with van der Waals surface area (Å²) < 4.78 is 29.0. The van der Waals surface area contributed by atoms with Crippen LogP contribution in [0.25, 0.3) is 0 Å². The Morgan fingerprint density at radius 3 is 2.27 bits per heavy atom. The molecule has 37 heavy (non-hydrogen) atoms. The number of allylic oxidation sites excluding steroid dienone is 1. The van der Waals surface area contributed by atoms with Crippen molar-refractivity contribution in [3.8, 4) is 0 Å². The zero-order valence-corrected chi connectivity index (χ0v) is 22.3. The Labute approximate surface area is 220 Å². The molecule has 1 spiro atoms. The Morgan fingerprint density at radius 2 is 1.73 bits per heavy atom. The van der Waals surface area contributed by atoms with E-state index in [1.807, 2.05) is 0 Å². The molecule has 11 heteroatoms. The number of rotatable bonds is 3. The minimum Gasteiger partial charge on any atom is -0.462 e. The fourth-order valence-electron chi connectivity index (χ4n) is 6.49. The Hall–Kier alpha value is -2.43. The molecule has 2 aliphatic carbocycles. The number of hydrogen-bond donors (Lipinski definition) is 1. The summed E-state index contributed by atoms with van der Waals surface area (Å²) in [5.41, 5.74) is -4.05. The maximum Gasteiger partial charge on any atom is 0.312 e. The predicted molar refractivity (Wildman–Crippen MR) is 128 cm³/mol. The van der Waals surface area contributed by atoms with Crippen molar-refractivity contribution in [3.63, 3.8) is 0 Å². The largest absolute Gasteiger partial charge is 0.462 e. The maximum atomic E-state index is 12.9. The van der Waals surface area contributed by atoms with Crippen molar-refractivity contribution in [2.75, 3.05) is 6.61 Å². The lowest BCUT2D eigenvalue weighted by molar-refractivity contribution is -0.238. The highest BCUT2D eigenvalue weighted by Gasteiger charge is 2.75. The van der Waals surface area contributed by atoms with Crippen LogP contribution in [0.15, 0.2) is 24.3 Å². The van der Waals surface area contributed by atoms with Gasteiger partial charge in [0.1, 0.15) is 18.3 Å². The highest BCUT2D eigenvalue weighted by atomic mass is 35.5. The van der Waals surface area contributed by atoms with Gasteiger partial charge < -0.3 is 28.8 Å². The number of aliphatic hydroxyl groups is 1. The van der Waals surface area contributed by atoms with Gasteiger partial charge in [0.25, 0.3) is 0 Å². The first kappa shape index (κ1) is 27.6. The second-order valence-electron chi connectivity index (χ2n) is 10.7. The molecule has 0 aromatic carbocycles. The van der Waals surface area contributed by atoms with Crippen molar-refractivity contribution in [3.05, 3.63) is 24.3 Å². The van der Waals surface area contributed by atoms with Crippen LogP contribution in [-0.4, -0.2) is 76.6 Å². The highest BCUT2D eigenvalue weighted by Crippen LogP contribution is 2.62. The number of alkyl halides is 1. The second-order valence-corrected chi connectivity index (χ2v) is 11.2. The van der Waals surface area contributed by atoms with Crippen LogP contribution in [0.2, 0.25) is 0 Å². The predicted octanol–water partition coefficient (Wildman–Crippen LogP) is 1.99. The van der Waals surface area contributed by atoms with Crippen LogP contribution in [0.1, 0.15) is 47.5 Å². The molecular formula is C26H33ClO10. The van der Waals surface area contributed by atoms with E-state index < -0.39 is 82.1 Å². The molecule has 0 aromatic rings. The number of epoxide rings is 1. The van der Waals surface area contributed by atoms with Crippen LogP contribution in [0.3, 0.4) is 0 Å². The van der Waals surface area contributed by atoms with E-state index in [9.17, 15) is 24.3 Å². The van der Waals surface area contributed by atoms with Crippen molar-refractivity contribution in [2.24, 2.45) is 17.3 Å². The molecule has 3 fully saturated rings. The molecule has 0 bridgehead atoms. The van der Waals surface area contributed by atoms with Gasteiger partial charge in [-0.05, 0) is 31.4 Å². The van der Waals surface area contributed by atoms with Gasteiger partial charge >= 0.3 is 23.9 Å². The monoisotopic (exact) mass is 540 g/mol. The van der Waals surface area contributed by atoms with Gasteiger partial charge in [-0.3, -0.25) is 19.2 Å². The summed E-state index contributed by atoms with van der Waals surface area (Å²) in [7, 11) is 0. The summed E-state index contributed by atoms with van der Waals surface area (Å²) >= 11 is 6.70. The summed E-state index contributed by atoms with van der Waals surface area (Å²) in [5.74, 6) is -4.66. The van der Waals surface area contributed by atoms with Crippen LogP contribution >= 0.6 is 11.6 Å². The van der Waals surface area contributed by atoms with Crippen molar-refractivity contribution < 1.29 is 48.0 Å². The average molecular weight is 541 g/mol. The second kappa shape index (κ2) is 9.39. The van der Waals surface area contributed by atoms with Gasteiger partial charge in [0, 0.05) is 26.7 Å². The van der Waals surface area contributed by atoms with E-state index in [4.69, 9.17) is 35.3 Å². The summed E-state index contributed by atoms with van der Waals surface area (Å²) in [6, 6.07) is 0. The van der Waals surface area contributed by atoms with Crippen molar-refractivity contribution in [2.45, 2.75) is 88.5 Å². The summed E-state index contributed by atoms with van der Waals surface area (Å²) in [5, 5.41) is 11.3. The fourth-order valence-corrected chi connectivity index (χ4v) is 6.82. The van der Waals surface area contributed by atoms with E-state index in [1.54, 1.807) is 13.0 Å². The lowest BCUT2D eigenvalue weighted by Gasteiger charge is -2.56. The fraction of sp³-hybridized carbons (Fsp3) is 0.692. The summed E-state index contributed by atoms with van der Waals surface area (Å²) in [6.07, 6.45) is -0.716. The van der Waals surface area contributed by atoms with E-state index in [1.165, 1.54) is 33.8 Å². The number of ether oxygens (including phenoxy) is 5. The van der Waals surface area contributed by atoms with Gasteiger partial charge in [0.2, 0.25) is 0 Å². The maximum absolute atomic E-state index is 12.9. The molecule has 4 aliphatic rings. The van der Waals surface area contributed by atoms with E-state index in [2.05, 4.69) is 6.58 Å². The molecule has 1 N–H and O–H groups in total. The van der Waals surface area contributed by atoms with E-state index >= 15 is 0 Å². The van der Waals surface area contributed by atoms with Crippen molar-refractivity contribution in [1.82, 2.24) is 0 Å². The molecule has 10 atom stereocenters. The lowest BCUT2D eigenvalue weighted by Crippen LogP contribution is -2.70. The first-order chi connectivity index (χ1) is 17.2. The molecule has 204 valence electrons. The Bertz CT molecular complexity index is 1050. The molecule has 0 aromatic heterocycles. The minimum atomic E-state index is -2.12. The molecule has 2 saturated heterocycles. The molecule has 4 rings (SSSR count). The molecule has 0 radical (unpaired) electrons. The summed E-state index contributed by atoms with van der Waals surface area (Å²) in [4.78, 5) is 49.9. The van der Waals surface area contributed by atoms with Crippen LogP contribution in [-0.2, 0) is 42.9 Å². The Kier molecular flexibility index (Phi) is 7.01. The third-order valence-corrected chi connectivity index (χ3v) is 8.90. The van der Waals surface area contributed by atoms with Crippen molar-refractivity contribution in [1.29, 1.82) is 0 Å². The van der Waals surface area contributed by atoms with Crippen LogP contribution in [0, 0.1) is 17.3 Å². The normalized spacial score (nSPS) is 45.6. The molecule has 6 unspecified atom stereocenters. The average Bonchev–Trinajstić information content (AvgIpc) is 3.53. The number of halogens is 1. The number of hydrogen-bond acceptors (Lipinski definition) is 10. The zero-order chi connectivity index (χ0) is 27.5. The smallest absolute Gasteiger partial charge is 0.312 e. The van der Waals surface area contributed by atoms with Crippen molar-refractivity contribution >= 4 is 35.5 Å². The number of carbonyl (C=O) groups excluding carboxylic acids is 4. The number of esters is 4. The van der Waals surface area contributed by atoms with Gasteiger partial charge in [0.05, 0.1) is 28.9 Å². The van der Waals surface area contributed by atoms with Gasteiger partial charge in [-0.15, -0.1) is 11.6 Å². The molecule has 10 nitrogen and oxygen atoms in total. The molecule has 1 saturated carbocycles. The first-order valence-electron chi connectivity index (χ1n) is 12.3. The standard InChI is InChI=1S/C26H33ClO10/c1-12-7-8-17(34-14(3)28)24(6)18(35-15(4)29)9-10-25(11-33-25)20(24)22(36-16(5)30)26(32)13(2)23(31)37-21(26)19(12)27/h7-8,13,17-22,32H,1,9-11H2,2-6H3/b8-7-/t13?,17-,18?,19?,20?,21?,22+,24+,25+,26?/m1/s1. The number of carbonyl (C=O) groups is 4. The van der Waals surface area contributed by atoms with Gasteiger partial charge in [0.15, 0.2) is 11.7 Å². The third-order valence-electron chi connectivity index (χ3n) is 8.39. The third kappa shape index (κ3) is 4.36. The topological polar surface area (TPSA) is 138 Å². The Balaban J connectivity index is 2.04. The van der Waals surface area contributed by atoms with Crippen LogP contribution < -0.4 is 0 Å². The SMILES string of the molecule is C=C1/C=C\[C@@H](OC(C)=O)[C@@]2(C)C(OC(C)=O)CC[C@]3(CO3)C2[C@H](OC(C)=O)C2(O)C(C)C(=O)OC2C1Cl. The first-order valence-corrected chi connectivity index (χ1v) is 12.7. The minimum absolute atomic E-state index is 0.259. The van der Waals surface area contributed by atoms with Gasteiger partial charge in [-0.2, -0.15) is 0 Å². The zero-order valence-electron chi connectivity index (χ0n) is 21.5. The molecule has 2 aliphatic heterocycles. The van der Waals surface area contributed by atoms with Gasteiger partial charge in [-0.1, -0.05) is 19.6 Å². The van der Waals surface area contributed by atoms with E-state index in [0.29, 0.717) is 12.8 Å². The van der Waals surface area contributed by atoms with E-state index in [0.717, 1.165) is 0 Å². The van der Waals surface area contributed by atoms with Crippen LogP contribution in [0.4, 0.5) is 0 Å². The number of fused-ring (bicyclic) bond motifs is 3. The Morgan fingerprint density at radius 1 is 1.14 bits per heavy atom. The van der Waals surface area contributed by atoms with Gasteiger partial charge in [-0.25, -0.2) is 0 Å². The molecule has 0 amide bonds. The van der Waals surface area contributed by atoms with Crippen LogP contribution in [0.5, 0.6) is 0 Å².